The van der Waals surface area contributed by atoms with Gasteiger partial charge in [-0.1, -0.05) is 18.2 Å². The molecule has 0 aliphatic rings. The predicted octanol–water partition coefficient (Wildman–Crippen LogP) is 1.64. The molecule has 0 aliphatic carbocycles. The van der Waals surface area contributed by atoms with E-state index in [2.05, 4.69) is 4.72 Å². The van der Waals surface area contributed by atoms with Gasteiger partial charge in [0.05, 0.1) is 11.4 Å². The van der Waals surface area contributed by atoms with Crippen LogP contribution in [0.4, 0.5) is 4.39 Å². The van der Waals surface area contributed by atoms with Crippen LogP contribution in [0, 0.1) is 5.82 Å². The Balaban J connectivity index is 2.05. The van der Waals surface area contributed by atoms with Gasteiger partial charge in [-0.15, -0.1) is 0 Å². The maximum atomic E-state index is 12.8. The lowest BCUT2D eigenvalue weighted by Crippen LogP contribution is -2.40. The van der Waals surface area contributed by atoms with Crippen LogP contribution in [0.15, 0.2) is 59.5 Å². The molecule has 2 N–H and O–H groups in total. The van der Waals surface area contributed by atoms with Crippen LogP contribution in [-0.4, -0.2) is 32.1 Å². The Kier molecular flexibility index (Phi) is 5.30. The lowest BCUT2D eigenvalue weighted by Gasteiger charge is -2.16. The van der Waals surface area contributed by atoms with Crippen LogP contribution in [0.2, 0.25) is 0 Å². The molecule has 23 heavy (non-hydrogen) atoms. The maximum absolute atomic E-state index is 12.8. The number of nitrogens with one attached hydrogen (secondary N) is 1. The average molecular weight is 339 g/mol. The largest absolute Gasteiger partial charge is 0.478 e. The number of halogens is 1. The molecule has 2 rings (SSSR count). The molecule has 0 radical (unpaired) electrons. The summed E-state index contributed by atoms with van der Waals surface area (Å²) in [6.07, 6.45) is -1.45. The Bertz CT molecular complexity index is 762. The summed E-state index contributed by atoms with van der Waals surface area (Å²) in [5.74, 6) is -1.71. The van der Waals surface area contributed by atoms with Crippen LogP contribution in [0.1, 0.15) is 0 Å². The first kappa shape index (κ1) is 16.9. The van der Waals surface area contributed by atoms with Gasteiger partial charge >= 0.3 is 5.97 Å². The number of rotatable bonds is 7. The van der Waals surface area contributed by atoms with Crippen molar-refractivity contribution in [2.24, 2.45) is 0 Å². The smallest absolute Gasteiger partial charge is 0.346 e. The van der Waals surface area contributed by atoms with E-state index in [0.717, 1.165) is 12.1 Å². The molecule has 2 aromatic rings. The van der Waals surface area contributed by atoms with Gasteiger partial charge in [-0.3, -0.25) is 0 Å². The zero-order chi connectivity index (χ0) is 16.9. The third kappa shape index (κ3) is 4.76. The molecule has 0 saturated heterocycles. The highest BCUT2D eigenvalue weighted by molar-refractivity contribution is 7.89. The summed E-state index contributed by atoms with van der Waals surface area (Å²) in [5.41, 5.74) is 0. The van der Waals surface area contributed by atoms with Crippen molar-refractivity contribution in [1.82, 2.24) is 4.72 Å². The number of sulfonamides is 1. The molecule has 0 bridgehead atoms. The van der Waals surface area contributed by atoms with E-state index >= 15 is 0 Å². The first-order valence-corrected chi connectivity index (χ1v) is 8.06. The Morgan fingerprint density at radius 1 is 1.13 bits per heavy atom. The SMILES string of the molecule is O=C(O)C(CNS(=O)(=O)c1ccccc1)Oc1ccc(F)cc1. The zero-order valence-corrected chi connectivity index (χ0v) is 12.7. The molecule has 0 aromatic heterocycles. The lowest BCUT2D eigenvalue weighted by atomic mass is 10.3. The van der Waals surface area contributed by atoms with Crippen molar-refractivity contribution in [1.29, 1.82) is 0 Å². The van der Waals surface area contributed by atoms with Gasteiger partial charge in [-0.2, -0.15) is 0 Å². The van der Waals surface area contributed by atoms with Gasteiger partial charge in [-0.05, 0) is 36.4 Å². The van der Waals surface area contributed by atoms with E-state index in [1.807, 2.05) is 0 Å². The van der Waals surface area contributed by atoms with E-state index in [-0.39, 0.29) is 10.6 Å². The highest BCUT2D eigenvalue weighted by Crippen LogP contribution is 2.14. The van der Waals surface area contributed by atoms with Crippen LogP contribution in [0.3, 0.4) is 0 Å². The number of hydrogen-bond acceptors (Lipinski definition) is 4. The Labute approximate surface area is 132 Å². The fourth-order valence-corrected chi connectivity index (χ4v) is 2.78. The summed E-state index contributed by atoms with van der Waals surface area (Å²) in [5, 5.41) is 9.12. The predicted molar refractivity (Wildman–Crippen MR) is 80.1 cm³/mol. The highest BCUT2D eigenvalue weighted by Gasteiger charge is 2.23. The van der Waals surface area contributed by atoms with Crippen LogP contribution in [0.5, 0.6) is 5.75 Å². The fraction of sp³-hybridized carbons (Fsp3) is 0.133. The highest BCUT2D eigenvalue weighted by atomic mass is 32.2. The van der Waals surface area contributed by atoms with Crippen molar-refractivity contribution < 1.29 is 27.4 Å². The van der Waals surface area contributed by atoms with E-state index < -0.39 is 34.5 Å². The summed E-state index contributed by atoms with van der Waals surface area (Å²) >= 11 is 0. The van der Waals surface area contributed by atoms with Crippen molar-refractivity contribution >= 4 is 16.0 Å². The summed E-state index contributed by atoms with van der Waals surface area (Å²) in [7, 11) is -3.84. The summed E-state index contributed by atoms with van der Waals surface area (Å²) in [6.45, 7) is -0.468. The van der Waals surface area contributed by atoms with Crippen molar-refractivity contribution in [2.75, 3.05) is 6.54 Å². The number of ether oxygens (including phenoxy) is 1. The molecule has 1 atom stereocenters. The van der Waals surface area contributed by atoms with Gasteiger partial charge < -0.3 is 9.84 Å². The minimum atomic E-state index is -3.84. The lowest BCUT2D eigenvalue weighted by molar-refractivity contribution is -0.144. The molecule has 0 saturated carbocycles. The van der Waals surface area contributed by atoms with E-state index in [1.54, 1.807) is 18.2 Å². The average Bonchev–Trinajstić information content (AvgIpc) is 2.54. The van der Waals surface area contributed by atoms with E-state index in [1.165, 1.54) is 24.3 Å². The number of benzene rings is 2. The second-order valence-electron chi connectivity index (χ2n) is 4.56. The van der Waals surface area contributed by atoms with Crippen molar-refractivity contribution in [3.8, 4) is 5.75 Å². The monoisotopic (exact) mass is 339 g/mol. The van der Waals surface area contributed by atoms with E-state index in [0.29, 0.717) is 0 Å². The Hall–Kier alpha value is -2.45. The molecule has 0 amide bonds. The summed E-state index contributed by atoms with van der Waals surface area (Å²) in [6, 6.07) is 12.3. The van der Waals surface area contributed by atoms with Crippen LogP contribution in [-0.2, 0) is 14.8 Å². The molecule has 0 heterocycles. The van der Waals surface area contributed by atoms with Gasteiger partial charge in [-0.25, -0.2) is 22.3 Å². The Morgan fingerprint density at radius 3 is 2.30 bits per heavy atom. The standard InChI is InChI=1S/C15H14FNO5S/c16-11-6-8-12(9-7-11)22-14(15(18)19)10-17-23(20,21)13-4-2-1-3-5-13/h1-9,14,17H,10H2,(H,18,19). The first-order valence-electron chi connectivity index (χ1n) is 6.58. The van der Waals surface area contributed by atoms with Crippen molar-refractivity contribution in [3.63, 3.8) is 0 Å². The molecule has 122 valence electrons. The van der Waals surface area contributed by atoms with Gasteiger partial charge in [0.1, 0.15) is 11.6 Å². The quantitative estimate of drug-likeness (QED) is 0.800. The topological polar surface area (TPSA) is 92.7 Å². The van der Waals surface area contributed by atoms with Gasteiger partial charge in [0.25, 0.3) is 0 Å². The van der Waals surface area contributed by atoms with Gasteiger partial charge in [0, 0.05) is 0 Å². The third-order valence-corrected chi connectivity index (χ3v) is 4.32. The fourth-order valence-electron chi connectivity index (χ4n) is 1.73. The number of hydrogen-bond donors (Lipinski definition) is 2. The molecule has 0 spiro atoms. The minimum absolute atomic E-state index is 0.0194. The van der Waals surface area contributed by atoms with Crippen LogP contribution >= 0.6 is 0 Å². The number of carboxylic acids is 1. The summed E-state index contributed by atoms with van der Waals surface area (Å²) in [4.78, 5) is 11.2. The van der Waals surface area contributed by atoms with E-state index in [4.69, 9.17) is 9.84 Å². The molecule has 0 fully saturated rings. The molecule has 6 nitrogen and oxygen atoms in total. The van der Waals surface area contributed by atoms with Crippen LogP contribution < -0.4 is 9.46 Å². The van der Waals surface area contributed by atoms with Crippen molar-refractivity contribution in [3.05, 3.63) is 60.4 Å². The number of carbonyl (C=O) groups is 1. The number of aliphatic carboxylic acids is 1. The molecular weight excluding hydrogens is 325 g/mol. The summed E-state index contributed by atoms with van der Waals surface area (Å²) < 4.78 is 44.3. The molecule has 1 unspecified atom stereocenters. The zero-order valence-electron chi connectivity index (χ0n) is 11.8. The first-order chi connectivity index (χ1) is 10.9. The molecule has 8 heteroatoms. The second kappa shape index (κ2) is 7.21. The van der Waals surface area contributed by atoms with E-state index in [9.17, 15) is 17.6 Å². The number of carboxylic acid groups (broad SMARTS) is 1. The van der Waals surface area contributed by atoms with Gasteiger partial charge in [0.2, 0.25) is 16.1 Å². The normalized spacial score (nSPS) is 12.6. The third-order valence-electron chi connectivity index (χ3n) is 2.88. The Morgan fingerprint density at radius 2 is 1.74 bits per heavy atom. The second-order valence-corrected chi connectivity index (χ2v) is 6.33. The molecule has 0 aliphatic heterocycles. The van der Waals surface area contributed by atoms with Crippen molar-refractivity contribution in [2.45, 2.75) is 11.0 Å². The maximum Gasteiger partial charge on any atom is 0.346 e. The van der Waals surface area contributed by atoms with Gasteiger partial charge in [0.15, 0.2) is 0 Å². The van der Waals surface area contributed by atoms with Crippen LogP contribution in [0.25, 0.3) is 0 Å². The minimum Gasteiger partial charge on any atom is -0.478 e. The molecular formula is C15H14FNO5S. The molecule has 2 aromatic carbocycles.